The Hall–Kier alpha value is -1.27. The molecule has 2 aromatic rings. The third-order valence-corrected chi connectivity index (χ3v) is 6.82. The summed E-state index contributed by atoms with van der Waals surface area (Å²) in [5.74, 6) is 0.556. The average molecular weight is 573 g/mol. The molecule has 0 saturated heterocycles. The summed E-state index contributed by atoms with van der Waals surface area (Å²) >= 11 is 1.48. The molecule has 2 aliphatic carbocycles. The molecule has 0 saturated carbocycles. The Morgan fingerprint density at radius 3 is 1.56 bits per heavy atom. The maximum Gasteiger partial charge on any atom is -0.147 e. The van der Waals surface area contributed by atoms with Gasteiger partial charge in [-0.3, -0.25) is 12.2 Å². The van der Waals surface area contributed by atoms with Crippen LogP contribution in [0.3, 0.4) is 0 Å². The molecule has 34 heavy (non-hydrogen) atoms. The van der Waals surface area contributed by atoms with Crippen LogP contribution in [0.5, 0.6) is 0 Å². The van der Waals surface area contributed by atoms with Crippen molar-refractivity contribution in [1.29, 1.82) is 0 Å². The van der Waals surface area contributed by atoms with E-state index in [1.54, 1.807) is 0 Å². The van der Waals surface area contributed by atoms with Crippen molar-refractivity contribution < 1.29 is 24.2 Å². The van der Waals surface area contributed by atoms with E-state index in [1.165, 1.54) is 77.5 Å². The quantitative estimate of drug-likeness (QED) is 0.315. The number of rotatable bonds is 2. The van der Waals surface area contributed by atoms with Gasteiger partial charge in [0.05, 0.1) is 0 Å². The van der Waals surface area contributed by atoms with Gasteiger partial charge in [0.15, 0.2) is 0 Å². The molecule has 0 spiro atoms. The second kappa shape index (κ2) is 15.7. The minimum Gasteiger partial charge on any atom is -0.147 e. The maximum absolute atomic E-state index is 3.19. The standard InChI is InChI=1S/C17H18.2C7H9.2ClH.Zr/c1-12-5-7-16(14(3)9-12)11-17-8-6-13(2)10-15(17)4;2*1-6-3-4-7(2)5-6;;;/h5-10H,1-4H3;5H,3H2,1-2H3;3,5,7H,1-2H3;2*1H;/q;2*-1;;;+2. The second-order valence-electron chi connectivity index (χ2n) is 9.05. The van der Waals surface area contributed by atoms with Gasteiger partial charge < -0.3 is 0 Å². The molecule has 0 fully saturated rings. The normalized spacial score (nSPS) is 15.4. The molecule has 3 heteroatoms. The van der Waals surface area contributed by atoms with Gasteiger partial charge in [0.2, 0.25) is 0 Å². The first kappa shape index (κ1) is 32.7. The number of hydrogen-bond donors (Lipinski definition) is 0. The third kappa shape index (κ3) is 10.6. The van der Waals surface area contributed by atoms with Crippen LogP contribution in [0.2, 0.25) is 0 Å². The minimum absolute atomic E-state index is 0. The molecule has 1 unspecified atom stereocenters. The van der Waals surface area contributed by atoms with Crippen LogP contribution in [0.15, 0.2) is 71.3 Å². The molecular weight excluding hydrogens is 534 g/mol. The van der Waals surface area contributed by atoms with E-state index in [1.807, 2.05) is 6.08 Å². The van der Waals surface area contributed by atoms with Crippen molar-refractivity contribution in [3.05, 3.63) is 117 Å². The van der Waals surface area contributed by atoms with Gasteiger partial charge in [-0.2, -0.15) is 11.6 Å². The fourth-order valence-corrected chi connectivity index (χ4v) is 5.22. The summed E-state index contributed by atoms with van der Waals surface area (Å²) in [4.78, 5) is 0. The first-order chi connectivity index (χ1) is 15.1. The summed E-state index contributed by atoms with van der Waals surface area (Å²) in [7, 11) is 0. The van der Waals surface area contributed by atoms with Crippen LogP contribution in [-0.2, 0) is 24.2 Å². The van der Waals surface area contributed by atoms with Crippen molar-refractivity contribution in [2.75, 3.05) is 0 Å². The number of halogens is 2. The van der Waals surface area contributed by atoms with Gasteiger partial charge in [-0.1, -0.05) is 26.7 Å². The molecule has 0 N–H and O–H groups in total. The van der Waals surface area contributed by atoms with E-state index in [-0.39, 0.29) is 24.8 Å². The van der Waals surface area contributed by atoms with Crippen LogP contribution >= 0.6 is 24.8 Å². The molecule has 0 aliphatic heterocycles. The number of benzene rings is 2. The Kier molecular flexibility index (Phi) is 15.1. The molecule has 1 atom stereocenters. The van der Waals surface area contributed by atoms with Crippen LogP contribution in [0, 0.1) is 45.8 Å². The van der Waals surface area contributed by atoms with Crippen LogP contribution < -0.4 is 0 Å². The number of aryl methyl sites for hydroxylation is 4. The van der Waals surface area contributed by atoms with Crippen molar-refractivity contribution in [3.63, 3.8) is 0 Å². The summed E-state index contributed by atoms with van der Waals surface area (Å²) in [5, 5.41) is 0. The zero-order chi connectivity index (χ0) is 23.8. The van der Waals surface area contributed by atoms with Crippen molar-refractivity contribution >= 4 is 28.0 Å². The van der Waals surface area contributed by atoms with Crippen LogP contribution in [-0.4, -0.2) is 3.21 Å². The minimum atomic E-state index is 0. The Bertz CT molecular complexity index is 1050. The predicted octanol–water partition coefficient (Wildman–Crippen LogP) is 8.91. The van der Waals surface area contributed by atoms with Crippen molar-refractivity contribution in [3.8, 4) is 0 Å². The number of hydrogen-bond acceptors (Lipinski definition) is 0. The fraction of sp³-hybridized carbons (Fsp3) is 0.323. The first-order valence-electron chi connectivity index (χ1n) is 11.3. The molecule has 180 valence electrons. The topological polar surface area (TPSA) is 0 Å². The summed E-state index contributed by atoms with van der Waals surface area (Å²) < 4.78 is 1.46. The molecule has 0 radical (unpaired) electrons. The molecule has 0 amide bonds. The summed E-state index contributed by atoms with van der Waals surface area (Å²) in [5.41, 5.74) is 12.3. The zero-order valence-electron chi connectivity index (χ0n) is 21.8. The molecular formula is C31H38Cl2Zr. The van der Waals surface area contributed by atoms with Crippen LogP contribution in [0.4, 0.5) is 0 Å². The smallest absolute Gasteiger partial charge is 0.147 e. The molecule has 0 heterocycles. The Morgan fingerprint density at radius 2 is 1.32 bits per heavy atom. The van der Waals surface area contributed by atoms with Crippen LogP contribution in [0.1, 0.15) is 67.5 Å². The summed E-state index contributed by atoms with van der Waals surface area (Å²) in [6, 6.07) is 13.5. The Labute approximate surface area is 235 Å². The molecule has 0 bridgehead atoms. The SMILES string of the molecule is CC1=CC(C)[C-]=C1.CC1=[C-]CC(C)=C1.Cc1ccc([C](=[Zr+2])c2ccc(C)cc2C)c(C)c1.Cl.Cl. The van der Waals surface area contributed by atoms with Gasteiger partial charge in [0.1, 0.15) is 0 Å². The second-order valence-corrected chi connectivity index (χ2v) is 10.3. The van der Waals surface area contributed by atoms with Crippen molar-refractivity contribution in [2.45, 2.75) is 61.8 Å². The van der Waals surface area contributed by atoms with Crippen molar-refractivity contribution in [2.24, 2.45) is 5.92 Å². The fourth-order valence-electron chi connectivity index (χ4n) is 3.84. The first-order valence-corrected chi connectivity index (χ1v) is 12.6. The van der Waals surface area contributed by atoms with E-state index >= 15 is 0 Å². The van der Waals surface area contributed by atoms with E-state index in [2.05, 4.69) is 116 Å². The van der Waals surface area contributed by atoms with Gasteiger partial charge in [-0.25, -0.2) is 23.3 Å². The van der Waals surface area contributed by atoms with E-state index in [0.29, 0.717) is 5.92 Å². The van der Waals surface area contributed by atoms with Crippen LogP contribution in [0.25, 0.3) is 0 Å². The average Bonchev–Trinajstić information content (AvgIpc) is 3.28. The zero-order valence-corrected chi connectivity index (χ0v) is 25.9. The van der Waals surface area contributed by atoms with E-state index in [4.69, 9.17) is 0 Å². The third-order valence-electron chi connectivity index (χ3n) is 5.50. The summed E-state index contributed by atoms with van der Waals surface area (Å²) in [6.07, 6.45) is 13.8. The van der Waals surface area contributed by atoms with E-state index < -0.39 is 0 Å². The van der Waals surface area contributed by atoms with Crippen molar-refractivity contribution in [1.82, 2.24) is 0 Å². The predicted molar refractivity (Wildman–Crippen MR) is 151 cm³/mol. The molecule has 4 rings (SSSR count). The molecule has 0 aromatic heterocycles. The summed E-state index contributed by atoms with van der Waals surface area (Å²) in [6.45, 7) is 17.1. The van der Waals surface area contributed by atoms with Gasteiger partial charge in [-0.15, -0.1) is 38.2 Å². The Morgan fingerprint density at radius 1 is 0.824 bits per heavy atom. The largest absolute Gasteiger partial charge is 0.147 e. The van der Waals surface area contributed by atoms with Gasteiger partial charge >= 0.3 is 125 Å². The van der Waals surface area contributed by atoms with E-state index in [0.717, 1.165) is 6.42 Å². The molecule has 2 aromatic carbocycles. The van der Waals surface area contributed by atoms with Gasteiger partial charge in [-0.05, 0) is 0 Å². The Balaban J connectivity index is 0.000000563. The van der Waals surface area contributed by atoms with Gasteiger partial charge in [0, 0.05) is 0 Å². The number of allylic oxidation sites excluding steroid dienone is 8. The van der Waals surface area contributed by atoms with Gasteiger partial charge in [0.25, 0.3) is 0 Å². The van der Waals surface area contributed by atoms with E-state index in [9.17, 15) is 0 Å². The molecule has 0 nitrogen and oxygen atoms in total. The maximum atomic E-state index is 3.19. The monoisotopic (exact) mass is 570 g/mol. The molecule has 2 aliphatic rings.